The average molecular weight is 403 g/mol. The van der Waals surface area contributed by atoms with Crippen LogP contribution in [0.2, 0.25) is 0 Å². The number of esters is 2. The molecule has 0 fully saturated rings. The Bertz CT molecular complexity index is 929. The molecule has 1 atom stereocenters. The van der Waals surface area contributed by atoms with Gasteiger partial charge in [-0.25, -0.2) is 9.59 Å². The Kier molecular flexibility index (Phi) is 7.03. The predicted octanol–water partition coefficient (Wildman–Crippen LogP) is 3.25. The van der Waals surface area contributed by atoms with Gasteiger partial charge in [-0.2, -0.15) is 0 Å². The van der Waals surface area contributed by atoms with Gasteiger partial charge in [-0.3, -0.25) is 4.79 Å². The van der Waals surface area contributed by atoms with Gasteiger partial charge in [0, 0.05) is 5.69 Å². The molecule has 1 heterocycles. The van der Waals surface area contributed by atoms with Crippen molar-refractivity contribution in [1.82, 2.24) is 4.98 Å². The largest absolute Gasteiger partial charge is 0.493 e. The van der Waals surface area contributed by atoms with Crippen molar-refractivity contribution in [2.75, 3.05) is 20.8 Å². The monoisotopic (exact) mass is 403 g/mol. The summed E-state index contributed by atoms with van der Waals surface area (Å²) in [6.45, 7) is 6.94. The molecule has 1 N–H and O–H groups in total. The molecule has 0 unspecified atom stereocenters. The Balaban J connectivity index is 2.27. The summed E-state index contributed by atoms with van der Waals surface area (Å²) in [5, 5.41) is 0. The van der Waals surface area contributed by atoms with E-state index in [4.69, 9.17) is 14.2 Å². The second-order valence-electron chi connectivity index (χ2n) is 6.33. The van der Waals surface area contributed by atoms with Gasteiger partial charge in [0.1, 0.15) is 0 Å². The first-order valence-corrected chi connectivity index (χ1v) is 9.08. The van der Waals surface area contributed by atoms with E-state index in [1.807, 2.05) is 0 Å². The number of ether oxygens (including phenoxy) is 4. The van der Waals surface area contributed by atoms with Gasteiger partial charge in [0.25, 0.3) is 0 Å². The van der Waals surface area contributed by atoms with Crippen molar-refractivity contribution in [3.8, 4) is 11.5 Å². The maximum atomic E-state index is 12.9. The van der Waals surface area contributed by atoms with E-state index >= 15 is 0 Å². The first-order valence-electron chi connectivity index (χ1n) is 9.08. The smallest absolute Gasteiger partial charge is 0.340 e. The number of aryl methyl sites for hydroxylation is 1. The number of methoxy groups -OCH3 is 2. The number of aromatic nitrogens is 1. The first kappa shape index (κ1) is 22.0. The molecule has 1 aromatic heterocycles. The molecule has 0 aliphatic rings. The van der Waals surface area contributed by atoms with Crippen molar-refractivity contribution in [2.45, 2.75) is 33.8 Å². The number of hydrogen-bond donors (Lipinski definition) is 1. The number of benzene rings is 1. The molecule has 8 nitrogen and oxygen atoms in total. The summed E-state index contributed by atoms with van der Waals surface area (Å²) < 4.78 is 20.8. The van der Waals surface area contributed by atoms with E-state index in [2.05, 4.69) is 9.72 Å². The fourth-order valence-corrected chi connectivity index (χ4v) is 2.96. The Morgan fingerprint density at radius 1 is 1.07 bits per heavy atom. The number of carbonyl (C=O) groups excluding carboxylic acids is 3. The molecule has 2 aromatic rings. The van der Waals surface area contributed by atoms with E-state index in [1.165, 1.54) is 32.4 Å². The number of H-pyrrole nitrogens is 1. The fraction of sp³-hybridized carbons (Fsp3) is 0.381. The van der Waals surface area contributed by atoms with Crippen molar-refractivity contribution in [1.29, 1.82) is 0 Å². The van der Waals surface area contributed by atoms with E-state index < -0.39 is 18.0 Å². The average Bonchev–Trinajstić information content (AvgIpc) is 3.01. The minimum Gasteiger partial charge on any atom is -0.493 e. The van der Waals surface area contributed by atoms with E-state index in [0.29, 0.717) is 33.9 Å². The van der Waals surface area contributed by atoms with Crippen LogP contribution < -0.4 is 9.47 Å². The number of aromatic amines is 1. The summed E-state index contributed by atoms with van der Waals surface area (Å²) in [6, 6.07) is 4.52. The van der Waals surface area contributed by atoms with E-state index in [9.17, 15) is 14.4 Å². The van der Waals surface area contributed by atoms with Gasteiger partial charge in [-0.05, 0) is 51.5 Å². The van der Waals surface area contributed by atoms with Crippen LogP contribution in [-0.4, -0.2) is 49.6 Å². The van der Waals surface area contributed by atoms with Gasteiger partial charge in [-0.1, -0.05) is 0 Å². The highest BCUT2D eigenvalue weighted by Gasteiger charge is 2.27. The molecule has 1 aromatic carbocycles. The third kappa shape index (κ3) is 4.59. The number of hydrogen-bond acceptors (Lipinski definition) is 7. The SMILES string of the molecule is CCOC(=O)c1c(C)[nH]c(C(=O)[C@@H](C)Oc2ccc(C(=O)OC)cc2OC)c1C. The maximum Gasteiger partial charge on any atom is 0.340 e. The van der Waals surface area contributed by atoms with Gasteiger partial charge in [0.2, 0.25) is 5.78 Å². The lowest BCUT2D eigenvalue weighted by molar-refractivity contribution is 0.0524. The summed E-state index contributed by atoms with van der Waals surface area (Å²) in [6.07, 6.45) is -0.875. The second kappa shape index (κ2) is 9.27. The Hall–Kier alpha value is -3.29. The molecule has 0 radical (unpaired) electrons. The van der Waals surface area contributed by atoms with Crippen LogP contribution in [0.5, 0.6) is 11.5 Å². The third-order valence-corrected chi connectivity index (χ3v) is 4.42. The lowest BCUT2D eigenvalue weighted by Gasteiger charge is -2.16. The van der Waals surface area contributed by atoms with Gasteiger partial charge in [-0.15, -0.1) is 0 Å². The first-order chi connectivity index (χ1) is 13.7. The number of ketones is 1. The van der Waals surface area contributed by atoms with Gasteiger partial charge >= 0.3 is 11.9 Å². The summed E-state index contributed by atoms with van der Waals surface area (Å²) in [5.74, 6) is -0.735. The highest BCUT2D eigenvalue weighted by Crippen LogP contribution is 2.30. The van der Waals surface area contributed by atoms with E-state index in [1.54, 1.807) is 27.7 Å². The topological polar surface area (TPSA) is 104 Å². The zero-order valence-electron chi connectivity index (χ0n) is 17.4. The maximum absolute atomic E-state index is 12.9. The molecule has 29 heavy (non-hydrogen) atoms. The molecular formula is C21H25NO7. The van der Waals surface area contributed by atoms with Crippen LogP contribution in [0.3, 0.4) is 0 Å². The zero-order chi connectivity index (χ0) is 21.7. The van der Waals surface area contributed by atoms with Crippen LogP contribution in [0.1, 0.15) is 56.3 Å². The molecule has 2 rings (SSSR count). The van der Waals surface area contributed by atoms with Crippen LogP contribution in [0, 0.1) is 13.8 Å². The standard InChI is InChI=1S/C21H25NO7/c1-7-28-21(25)17-11(2)18(22-12(17)3)19(23)13(4)29-15-9-8-14(20(24)27-6)10-16(15)26-5/h8-10,13,22H,7H2,1-6H3/t13-/m1/s1. The lowest BCUT2D eigenvalue weighted by Crippen LogP contribution is -2.25. The molecule has 0 saturated heterocycles. The number of rotatable bonds is 8. The number of nitrogens with one attached hydrogen (secondary N) is 1. The van der Waals surface area contributed by atoms with Crippen molar-refractivity contribution < 1.29 is 33.3 Å². The highest BCUT2D eigenvalue weighted by atomic mass is 16.5. The van der Waals surface area contributed by atoms with Gasteiger partial charge in [0.05, 0.1) is 37.6 Å². The summed E-state index contributed by atoms with van der Waals surface area (Å²) >= 11 is 0. The second-order valence-corrected chi connectivity index (χ2v) is 6.33. The van der Waals surface area contributed by atoms with Crippen LogP contribution >= 0.6 is 0 Å². The van der Waals surface area contributed by atoms with Gasteiger partial charge in [0.15, 0.2) is 17.6 Å². The van der Waals surface area contributed by atoms with E-state index in [-0.39, 0.29) is 18.1 Å². The Morgan fingerprint density at radius 3 is 2.34 bits per heavy atom. The fourth-order valence-electron chi connectivity index (χ4n) is 2.96. The summed E-state index contributed by atoms with van der Waals surface area (Å²) in [7, 11) is 2.71. The zero-order valence-corrected chi connectivity index (χ0v) is 17.4. The minimum atomic E-state index is -0.875. The van der Waals surface area contributed by atoms with Crippen LogP contribution in [-0.2, 0) is 9.47 Å². The Morgan fingerprint density at radius 2 is 1.76 bits per heavy atom. The van der Waals surface area contributed by atoms with Crippen molar-refractivity contribution in [3.05, 3.63) is 46.3 Å². The van der Waals surface area contributed by atoms with Gasteiger partial charge < -0.3 is 23.9 Å². The summed E-state index contributed by atoms with van der Waals surface area (Å²) in [4.78, 5) is 39.7. The third-order valence-electron chi connectivity index (χ3n) is 4.42. The normalized spacial score (nSPS) is 11.5. The van der Waals surface area contributed by atoms with Crippen molar-refractivity contribution >= 4 is 17.7 Å². The quantitative estimate of drug-likeness (QED) is 0.533. The molecule has 0 aliphatic carbocycles. The molecule has 156 valence electrons. The molecule has 0 bridgehead atoms. The minimum absolute atomic E-state index is 0.243. The molecule has 0 spiro atoms. The Labute approximate surface area is 169 Å². The van der Waals surface area contributed by atoms with E-state index in [0.717, 1.165) is 0 Å². The lowest BCUT2D eigenvalue weighted by atomic mass is 10.1. The molecule has 0 aliphatic heterocycles. The van der Waals surface area contributed by atoms with Crippen molar-refractivity contribution in [3.63, 3.8) is 0 Å². The highest BCUT2D eigenvalue weighted by molar-refractivity contribution is 6.03. The van der Waals surface area contributed by atoms with Crippen LogP contribution in [0.15, 0.2) is 18.2 Å². The van der Waals surface area contributed by atoms with Crippen LogP contribution in [0.25, 0.3) is 0 Å². The predicted molar refractivity (Wildman–Crippen MR) is 105 cm³/mol. The number of carbonyl (C=O) groups is 3. The molecule has 8 heteroatoms. The summed E-state index contributed by atoms with van der Waals surface area (Å²) in [5.41, 5.74) is 1.99. The number of Topliss-reactive ketones (excluding diaryl/α,β-unsaturated/α-hetero) is 1. The molecular weight excluding hydrogens is 378 g/mol. The van der Waals surface area contributed by atoms with Crippen LogP contribution in [0.4, 0.5) is 0 Å². The van der Waals surface area contributed by atoms with Crippen molar-refractivity contribution in [2.24, 2.45) is 0 Å². The molecule has 0 saturated carbocycles. The molecule has 0 amide bonds.